The predicted octanol–water partition coefficient (Wildman–Crippen LogP) is 4.45. The third kappa shape index (κ3) is 5.37. The molecule has 2 aromatic carbocycles. The highest BCUT2D eigenvalue weighted by atomic mass is 35.5. The normalized spacial score (nSPS) is 11.6. The molecule has 0 aliphatic heterocycles. The van der Waals surface area contributed by atoms with E-state index in [0.717, 1.165) is 28.6 Å². The van der Waals surface area contributed by atoms with E-state index >= 15 is 0 Å². The van der Waals surface area contributed by atoms with Gasteiger partial charge < -0.3 is 5.11 Å². The van der Waals surface area contributed by atoms with Crippen LogP contribution in [0.5, 0.6) is 0 Å². The first kappa shape index (κ1) is 23.9. The van der Waals surface area contributed by atoms with E-state index in [0.29, 0.717) is 24.9 Å². The number of sulfone groups is 1. The van der Waals surface area contributed by atoms with Crippen LogP contribution in [0.4, 0.5) is 4.39 Å². The maximum atomic E-state index is 13.6. The summed E-state index contributed by atoms with van der Waals surface area (Å²) in [7, 11) is -3.66. The van der Waals surface area contributed by atoms with Gasteiger partial charge in [-0.3, -0.25) is 9.48 Å². The van der Waals surface area contributed by atoms with Gasteiger partial charge in [0.25, 0.3) is 0 Å². The molecule has 9 heteroatoms. The molecule has 0 spiro atoms. The molecule has 3 aromatic rings. The fourth-order valence-corrected chi connectivity index (χ4v) is 5.12. The molecule has 0 bridgehead atoms. The van der Waals surface area contributed by atoms with Gasteiger partial charge >= 0.3 is 5.97 Å². The molecule has 1 N–H and O–H groups in total. The van der Waals surface area contributed by atoms with Crippen molar-refractivity contribution >= 4 is 27.4 Å². The van der Waals surface area contributed by atoms with E-state index in [9.17, 15) is 22.7 Å². The topological polar surface area (TPSA) is 89.3 Å². The molecule has 32 heavy (non-hydrogen) atoms. The summed E-state index contributed by atoms with van der Waals surface area (Å²) in [5.41, 5.74) is 3.53. The van der Waals surface area contributed by atoms with E-state index in [1.54, 1.807) is 16.8 Å². The van der Waals surface area contributed by atoms with Crippen LogP contribution in [-0.4, -0.2) is 29.3 Å². The van der Waals surface area contributed by atoms with Gasteiger partial charge in [-0.2, -0.15) is 5.10 Å². The van der Waals surface area contributed by atoms with Gasteiger partial charge in [0.15, 0.2) is 9.84 Å². The monoisotopic (exact) mass is 478 g/mol. The lowest BCUT2D eigenvalue weighted by Crippen LogP contribution is -2.09. The molecule has 1 heterocycles. The smallest absolute Gasteiger partial charge is 0.307 e. The number of carbonyl (C=O) groups is 1. The third-order valence-electron chi connectivity index (χ3n) is 5.20. The number of aliphatic carboxylic acids is 1. The van der Waals surface area contributed by atoms with E-state index in [1.807, 2.05) is 13.8 Å². The van der Waals surface area contributed by atoms with Crippen LogP contribution in [-0.2, 0) is 46.2 Å². The summed E-state index contributed by atoms with van der Waals surface area (Å²) in [6.45, 7) is 4.29. The molecule has 0 radical (unpaired) electrons. The van der Waals surface area contributed by atoms with Crippen LogP contribution in [0.25, 0.3) is 0 Å². The van der Waals surface area contributed by atoms with Gasteiger partial charge in [-0.1, -0.05) is 43.6 Å². The molecule has 170 valence electrons. The van der Waals surface area contributed by atoms with Crippen LogP contribution in [0.2, 0.25) is 5.02 Å². The maximum Gasteiger partial charge on any atom is 0.307 e. The molecule has 3 rings (SSSR count). The predicted molar refractivity (Wildman–Crippen MR) is 120 cm³/mol. The number of hydrogen-bond donors (Lipinski definition) is 1. The summed E-state index contributed by atoms with van der Waals surface area (Å²) in [4.78, 5) is 11.4. The Morgan fingerprint density at radius 3 is 2.31 bits per heavy atom. The van der Waals surface area contributed by atoms with Crippen LogP contribution >= 0.6 is 11.6 Å². The fraction of sp³-hybridized carbons (Fsp3) is 0.304. The van der Waals surface area contributed by atoms with Crippen molar-refractivity contribution < 1.29 is 22.7 Å². The highest BCUT2D eigenvalue weighted by molar-refractivity contribution is 7.90. The summed E-state index contributed by atoms with van der Waals surface area (Å²) < 4.78 is 40.9. The lowest BCUT2D eigenvalue weighted by atomic mass is 10.1. The van der Waals surface area contributed by atoms with Gasteiger partial charge in [0.2, 0.25) is 0 Å². The Morgan fingerprint density at radius 1 is 1.09 bits per heavy atom. The lowest BCUT2D eigenvalue weighted by molar-refractivity contribution is -0.136. The van der Waals surface area contributed by atoms with E-state index < -0.39 is 21.6 Å². The number of aromatic nitrogens is 2. The molecule has 0 aliphatic rings. The summed E-state index contributed by atoms with van der Waals surface area (Å²) in [6, 6.07) is 10.4. The average molecular weight is 479 g/mol. The molecule has 0 saturated carbocycles. The van der Waals surface area contributed by atoms with Crippen LogP contribution in [0.1, 0.15) is 41.9 Å². The number of hydrogen-bond acceptors (Lipinski definition) is 4. The second kappa shape index (κ2) is 9.83. The third-order valence-corrected chi connectivity index (χ3v) is 7.21. The van der Waals surface area contributed by atoms with Crippen LogP contribution in [0, 0.1) is 5.82 Å². The van der Waals surface area contributed by atoms with Crippen molar-refractivity contribution in [2.45, 2.75) is 50.3 Å². The Kier molecular flexibility index (Phi) is 7.36. The molecule has 0 atom stereocenters. The molecule has 6 nitrogen and oxygen atoms in total. The quantitative estimate of drug-likeness (QED) is 0.490. The van der Waals surface area contributed by atoms with E-state index in [-0.39, 0.29) is 22.1 Å². The van der Waals surface area contributed by atoms with Crippen molar-refractivity contribution in [2.75, 3.05) is 0 Å². The Morgan fingerprint density at radius 2 is 1.75 bits per heavy atom. The minimum absolute atomic E-state index is 0.0571. The van der Waals surface area contributed by atoms with E-state index in [1.165, 1.54) is 24.3 Å². The number of rotatable bonds is 9. The summed E-state index contributed by atoms with van der Waals surface area (Å²) in [5, 5.41) is 13.7. The zero-order valence-electron chi connectivity index (χ0n) is 17.8. The molecular formula is C23H24ClFN2O4S. The van der Waals surface area contributed by atoms with Gasteiger partial charge in [0.1, 0.15) is 5.82 Å². The SMILES string of the molecule is CCc1nn(Cc2ccc(S(=O)(=O)Cc3ccc(Cl)c(F)c3)cc2)c(CC)c1CC(=O)O. The Bertz CT molecular complexity index is 1240. The summed E-state index contributed by atoms with van der Waals surface area (Å²) >= 11 is 5.66. The van der Waals surface area contributed by atoms with Crippen LogP contribution in [0.3, 0.4) is 0 Å². The molecule has 0 saturated heterocycles. The van der Waals surface area contributed by atoms with Gasteiger partial charge in [0, 0.05) is 11.3 Å². The number of benzene rings is 2. The van der Waals surface area contributed by atoms with Gasteiger partial charge in [0.05, 0.1) is 34.3 Å². The minimum atomic E-state index is -3.66. The van der Waals surface area contributed by atoms with Gasteiger partial charge in [-0.25, -0.2) is 12.8 Å². The lowest BCUT2D eigenvalue weighted by Gasteiger charge is -2.09. The number of halogens is 2. The van der Waals surface area contributed by atoms with Crippen molar-refractivity contribution in [3.8, 4) is 0 Å². The van der Waals surface area contributed by atoms with Crippen molar-refractivity contribution in [1.82, 2.24) is 9.78 Å². The largest absolute Gasteiger partial charge is 0.481 e. The van der Waals surface area contributed by atoms with Crippen molar-refractivity contribution in [1.29, 1.82) is 0 Å². The number of carboxylic acids is 1. The average Bonchev–Trinajstić information content (AvgIpc) is 3.06. The van der Waals surface area contributed by atoms with Gasteiger partial charge in [-0.05, 0) is 48.2 Å². The van der Waals surface area contributed by atoms with Crippen LogP contribution in [0.15, 0.2) is 47.4 Å². The molecule has 0 aliphatic carbocycles. The number of aryl methyl sites for hydroxylation is 1. The maximum absolute atomic E-state index is 13.6. The Balaban J connectivity index is 1.82. The van der Waals surface area contributed by atoms with E-state index in [2.05, 4.69) is 5.10 Å². The number of carboxylic acid groups (broad SMARTS) is 1. The highest BCUT2D eigenvalue weighted by Crippen LogP contribution is 2.22. The first-order valence-electron chi connectivity index (χ1n) is 10.2. The first-order valence-corrected chi connectivity index (χ1v) is 12.2. The second-order valence-electron chi connectivity index (χ2n) is 7.46. The molecular weight excluding hydrogens is 455 g/mol. The molecule has 0 unspecified atom stereocenters. The molecule has 0 amide bonds. The van der Waals surface area contributed by atoms with Crippen LogP contribution < -0.4 is 0 Å². The summed E-state index contributed by atoms with van der Waals surface area (Å²) in [6.07, 6.45) is 1.19. The number of nitrogens with zero attached hydrogens (tertiary/aromatic N) is 2. The van der Waals surface area contributed by atoms with Crippen molar-refractivity contribution in [2.24, 2.45) is 0 Å². The first-order chi connectivity index (χ1) is 15.1. The molecule has 1 aromatic heterocycles. The zero-order valence-corrected chi connectivity index (χ0v) is 19.4. The Labute approximate surface area is 191 Å². The standard InChI is InChI=1S/C23H24ClFN2O4S/c1-3-21-18(12-23(28)29)22(4-2)27(26-21)13-15-5-8-17(9-6-15)32(30,31)14-16-7-10-19(24)20(25)11-16/h5-11H,3-4,12-14H2,1-2H3,(H,28,29). The molecule has 0 fully saturated rings. The second-order valence-corrected chi connectivity index (χ2v) is 9.86. The highest BCUT2D eigenvalue weighted by Gasteiger charge is 2.19. The van der Waals surface area contributed by atoms with Gasteiger partial charge in [-0.15, -0.1) is 0 Å². The van der Waals surface area contributed by atoms with Crippen molar-refractivity contribution in [3.05, 3.63) is 81.4 Å². The summed E-state index contributed by atoms with van der Waals surface area (Å²) in [5.74, 6) is -1.89. The zero-order chi connectivity index (χ0) is 23.5. The Hall–Kier alpha value is -2.71. The van der Waals surface area contributed by atoms with Crippen molar-refractivity contribution in [3.63, 3.8) is 0 Å². The van der Waals surface area contributed by atoms with E-state index in [4.69, 9.17) is 11.6 Å². The fourth-order valence-electron chi connectivity index (χ4n) is 3.66. The minimum Gasteiger partial charge on any atom is -0.481 e.